The second-order valence-electron chi connectivity index (χ2n) is 9.61. The molecule has 2 aliphatic rings. The van der Waals surface area contributed by atoms with Crippen molar-refractivity contribution in [3.8, 4) is 0 Å². The normalized spacial score (nSPS) is 18.7. The van der Waals surface area contributed by atoms with E-state index in [2.05, 4.69) is 34.5 Å². The van der Waals surface area contributed by atoms with Crippen molar-refractivity contribution < 1.29 is 18.0 Å². The van der Waals surface area contributed by atoms with Crippen molar-refractivity contribution in [2.75, 3.05) is 32.7 Å². The highest BCUT2D eigenvalue weighted by atomic mass is 19.4. The maximum absolute atomic E-state index is 12.8. The second kappa shape index (κ2) is 11.3. The van der Waals surface area contributed by atoms with E-state index >= 15 is 0 Å². The number of nitrogens with one attached hydrogen (secondary N) is 1. The average molecular weight is 474 g/mol. The lowest BCUT2D eigenvalue weighted by Gasteiger charge is -2.33. The number of hydrogen-bond acceptors (Lipinski definition) is 2. The molecule has 0 bridgehead atoms. The Morgan fingerprint density at radius 1 is 0.882 bits per heavy atom. The minimum Gasteiger partial charge on any atom is -0.338 e. The van der Waals surface area contributed by atoms with Gasteiger partial charge in [0.15, 0.2) is 0 Å². The lowest BCUT2D eigenvalue weighted by molar-refractivity contribution is -0.137. The Bertz CT molecular complexity index is 901. The van der Waals surface area contributed by atoms with E-state index in [1.54, 1.807) is 12.1 Å². The van der Waals surface area contributed by atoms with Crippen molar-refractivity contribution >= 4 is 6.03 Å². The number of alkyl halides is 3. The SMILES string of the molecule is O=C(NCCC1CCN(Cc2ccccc2)CC1)N1CCC(c2ccc(C(F)(F)F)cc2)CC1. The number of carbonyl (C=O) groups is 1. The molecule has 2 amide bonds. The van der Waals surface area contributed by atoms with Gasteiger partial charge in [-0.3, -0.25) is 4.90 Å². The average Bonchev–Trinajstić information content (AvgIpc) is 2.85. The van der Waals surface area contributed by atoms with Crippen molar-refractivity contribution in [3.63, 3.8) is 0 Å². The Balaban J connectivity index is 1.12. The van der Waals surface area contributed by atoms with Crippen LogP contribution in [0.3, 0.4) is 0 Å². The highest BCUT2D eigenvalue weighted by Crippen LogP contribution is 2.33. The van der Waals surface area contributed by atoms with Crippen LogP contribution in [0.4, 0.5) is 18.0 Å². The number of nitrogens with zero attached hydrogens (tertiary/aromatic N) is 2. The maximum atomic E-state index is 12.8. The second-order valence-corrected chi connectivity index (χ2v) is 9.61. The van der Waals surface area contributed by atoms with Gasteiger partial charge >= 0.3 is 12.2 Å². The smallest absolute Gasteiger partial charge is 0.338 e. The summed E-state index contributed by atoms with van der Waals surface area (Å²) in [6.07, 6.45) is 0.589. The minimum atomic E-state index is -4.31. The third kappa shape index (κ3) is 6.75. The minimum absolute atomic E-state index is 0.0209. The van der Waals surface area contributed by atoms with Gasteiger partial charge in [0.25, 0.3) is 0 Å². The van der Waals surface area contributed by atoms with E-state index in [4.69, 9.17) is 0 Å². The van der Waals surface area contributed by atoms with Crippen LogP contribution in [-0.4, -0.2) is 48.6 Å². The first-order valence-electron chi connectivity index (χ1n) is 12.3. The molecule has 0 aliphatic carbocycles. The summed E-state index contributed by atoms with van der Waals surface area (Å²) in [4.78, 5) is 16.9. The van der Waals surface area contributed by atoms with E-state index in [-0.39, 0.29) is 11.9 Å². The summed E-state index contributed by atoms with van der Waals surface area (Å²) in [5, 5.41) is 3.08. The largest absolute Gasteiger partial charge is 0.416 e. The zero-order valence-electron chi connectivity index (χ0n) is 19.6. The van der Waals surface area contributed by atoms with Gasteiger partial charge in [-0.25, -0.2) is 4.79 Å². The summed E-state index contributed by atoms with van der Waals surface area (Å²) in [5.74, 6) is 0.852. The van der Waals surface area contributed by atoms with Gasteiger partial charge in [0, 0.05) is 26.2 Å². The third-order valence-electron chi connectivity index (χ3n) is 7.28. The van der Waals surface area contributed by atoms with E-state index in [1.165, 1.54) is 18.4 Å². The highest BCUT2D eigenvalue weighted by molar-refractivity contribution is 5.74. The molecule has 0 saturated carbocycles. The molecule has 0 unspecified atom stereocenters. The Hall–Kier alpha value is -2.54. The van der Waals surface area contributed by atoms with Gasteiger partial charge in [-0.1, -0.05) is 42.5 Å². The predicted octanol–water partition coefficient (Wildman–Crippen LogP) is 5.90. The molecular formula is C27H34F3N3O. The highest BCUT2D eigenvalue weighted by Gasteiger charge is 2.31. The quantitative estimate of drug-likeness (QED) is 0.567. The Kier molecular flexibility index (Phi) is 8.14. The standard InChI is InChI=1S/C27H34F3N3O/c28-27(29,30)25-8-6-23(7-9-25)24-13-18-33(19-14-24)26(34)31-15-10-21-11-16-32(17-12-21)20-22-4-2-1-3-5-22/h1-9,21,24H,10-20H2,(H,31,34). The monoisotopic (exact) mass is 473 g/mol. The fraction of sp³-hybridized carbons (Fsp3) is 0.519. The number of likely N-dealkylation sites (tertiary alicyclic amines) is 2. The van der Waals surface area contributed by atoms with Crippen LogP contribution in [0.1, 0.15) is 54.7 Å². The molecule has 4 nitrogen and oxygen atoms in total. The van der Waals surface area contributed by atoms with E-state index in [0.717, 1.165) is 56.6 Å². The van der Waals surface area contributed by atoms with Crippen molar-refractivity contribution in [2.45, 2.75) is 50.7 Å². The molecule has 0 spiro atoms. The van der Waals surface area contributed by atoms with Crippen LogP contribution < -0.4 is 5.32 Å². The topological polar surface area (TPSA) is 35.6 Å². The Morgan fingerprint density at radius 2 is 1.53 bits per heavy atom. The molecule has 1 N–H and O–H groups in total. The molecule has 2 fully saturated rings. The summed E-state index contributed by atoms with van der Waals surface area (Å²) >= 11 is 0. The molecule has 0 atom stereocenters. The molecule has 184 valence electrons. The van der Waals surface area contributed by atoms with Crippen molar-refractivity contribution in [1.82, 2.24) is 15.1 Å². The summed E-state index contributed by atoms with van der Waals surface area (Å²) in [5.41, 5.74) is 1.66. The Labute approximate surface area is 200 Å². The van der Waals surface area contributed by atoms with Gasteiger partial charge in [-0.15, -0.1) is 0 Å². The lowest BCUT2D eigenvalue weighted by Crippen LogP contribution is -2.44. The fourth-order valence-electron chi connectivity index (χ4n) is 5.13. The fourth-order valence-corrected chi connectivity index (χ4v) is 5.13. The van der Waals surface area contributed by atoms with Gasteiger partial charge in [-0.2, -0.15) is 13.2 Å². The molecule has 0 radical (unpaired) electrons. The van der Waals surface area contributed by atoms with Gasteiger partial charge in [0.05, 0.1) is 5.56 Å². The molecule has 4 rings (SSSR count). The number of urea groups is 1. The number of carbonyl (C=O) groups excluding carboxylic acids is 1. The Morgan fingerprint density at radius 3 is 2.15 bits per heavy atom. The molecule has 2 heterocycles. The van der Waals surface area contributed by atoms with Crippen LogP contribution in [0.5, 0.6) is 0 Å². The summed E-state index contributed by atoms with van der Waals surface area (Å²) < 4.78 is 38.3. The predicted molar refractivity (Wildman–Crippen MR) is 127 cm³/mol. The number of piperidine rings is 2. The molecule has 0 aromatic heterocycles. The van der Waals surface area contributed by atoms with Gasteiger partial charge in [0.2, 0.25) is 0 Å². The number of rotatable bonds is 6. The van der Waals surface area contributed by atoms with Crippen molar-refractivity contribution in [2.24, 2.45) is 5.92 Å². The van der Waals surface area contributed by atoms with Crippen LogP contribution >= 0.6 is 0 Å². The van der Waals surface area contributed by atoms with Crippen LogP contribution in [-0.2, 0) is 12.7 Å². The van der Waals surface area contributed by atoms with Gasteiger partial charge in [-0.05, 0) is 80.3 Å². The molecule has 2 aromatic rings. The molecule has 7 heteroatoms. The number of amides is 2. The van der Waals surface area contributed by atoms with E-state index in [0.29, 0.717) is 25.6 Å². The lowest BCUT2D eigenvalue weighted by atomic mass is 9.89. The summed E-state index contributed by atoms with van der Waals surface area (Å²) in [6.45, 7) is 5.18. The molecule has 34 heavy (non-hydrogen) atoms. The van der Waals surface area contributed by atoms with Crippen LogP contribution in [0.15, 0.2) is 54.6 Å². The molecule has 2 saturated heterocycles. The van der Waals surface area contributed by atoms with Gasteiger partial charge in [0.1, 0.15) is 0 Å². The zero-order valence-corrected chi connectivity index (χ0v) is 19.6. The molecule has 2 aliphatic heterocycles. The van der Waals surface area contributed by atoms with Crippen molar-refractivity contribution in [3.05, 3.63) is 71.3 Å². The van der Waals surface area contributed by atoms with Crippen molar-refractivity contribution in [1.29, 1.82) is 0 Å². The van der Waals surface area contributed by atoms with Crippen LogP contribution in [0.25, 0.3) is 0 Å². The summed E-state index contributed by atoms with van der Waals surface area (Å²) in [7, 11) is 0. The number of halogens is 3. The maximum Gasteiger partial charge on any atom is 0.416 e. The molecule has 2 aromatic carbocycles. The van der Waals surface area contributed by atoms with E-state index < -0.39 is 11.7 Å². The van der Waals surface area contributed by atoms with Crippen LogP contribution in [0, 0.1) is 5.92 Å². The molecular weight excluding hydrogens is 439 g/mol. The number of hydrogen-bond donors (Lipinski definition) is 1. The first-order valence-corrected chi connectivity index (χ1v) is 12.3. The summed E-state index contributed by atoms with van der Waals surface area (Å²) in [6, 6.07) is 16.0. The first-order chi connectivity index (χ1) is 16.4. The van der Waals surface area contributed by atoms with E-state index in [9.17, 15) is 18.0 Å². The number of benzene rings is 2. The van der Waals surface area contributed by atoms with Crippen LogP contribution in [0.2, 0.25) is 0 Å². The van der Waals surface area contributed by atoms with E-state index in [1.807, 2.05) is 11.0 Å². The van der Waals surface area contributed by atoms with Gasteiger partial charge < -0.3 is 10.2 Å². The zero-order chi connectivity index (χ0) is 24.0. The first kappa shape index (κ1) is 24.6. The third-order valence-corrected chi connectivity index (χ3v) is 7.28.